The number of para-hydroxylation sites is 2. The van der Waals surface area contributed by atoms with E-state index >= 15 is 0 Å². The molecule has 0 fully saturated rings. The van der Waals surface area contributed by atoms with Gasteiger partial charge in [0.25, 0.3) is 0 Å². The molecule has 0 bridgehead atoms. The fourth-order valence-corrected chi connectivity index (χ4v) is 5.26. The largest absolute Gasteiger partial charge is 0.481 e. The Balaban J connectivity index is 1.44. The number of benzene rings is 2. The van der Waals surface area contributed by atoms with Crippen LogP contribution in [0, 0.1) is 5.92 Å². The minimum Gasteiger partial charge on any atom is -0.481 e. The highest BCUT2D eigenvalue weighted by atomic mass is 16.4. The average Bonchev–Trinajstić information content (AvgIpc) is 3.59. The highest BCUT2D eigenvalue weighted by Crippen LogP contribution is 2.20. The summed E-state index contributed by atoms with van der Waals surface area (Å²) in [6.07, 6.45) is 2.90. The minimum absolute atomic E-state index is 0.0144. The number of nitrogens with one attached hydrogen (secondary N) is 5. The lowest BCUT2D eigenvalue weighted by Crippen LogP contribution is -2.58. The van der Waals surface area contributed by atoms with E-state index in [4.69, 9.17) is 5.73 Å². The van der Waals surface area contributed by atoms with Crippen molar-refractivity contribution in [3.63, 3.8) is 0 Å². The Kier molecular flexibility index (Phi) is 10.6. The monoisotopic (exact) mass is 618 g/mol. The second-order valence-electron chi connectivity index (χ2n) is 11.5. The molecule has 0 aliphatic rings. The smallest absolute Gasteiger partial charge is 0.326 e. The molecule has 0 radical (unpaired) electrons. The van der Waals surface area contributed by atoms with Crippen LogP contribution in [0.5, 0.6) is 0 Å². The number of carbonyl (C=O) groups excluding carboxylic acids is 3. The predicted molar refractivity (Wildman–Crippen MR) is 167 cm³/mol. The SMILES string of the molecule is CC(C)CC(NC(=O)C(CC(=O)O)NC(=O)C(N)Cc1c[nH]c2ccccc12)C(=O)NC(Cc1c[nH]c2ccccc12)C(=O)O. The summed E-state index contributed by atoms with van der Waals surface area (Å²) < 4.78 is 0. The zero-order chi connectivity index (χ0) is 32.7. The van der Waals surface area contributed by atoms with Gasteiger partial charge in [-0.25, -0.2) is 4.79 Å². The summed E-state index contributed by atoms with van der Waals surface area (Å²) in [7, 11) is 0. The number of carbonyl (C=O) groups is 5. The van der Waals surface area contributed by atoms with E-state index in [0.29, 0.717) is 5.56 Å². The first-order valence-corrected chi connectivity index (χ1v) is 14.6. The van der Waals surface area contributed by atoms with Gasteiger partial charge in [-0.15, -0.1) is 0 Å². The minimum atomic E-state index is -1.53. The van der Waals surface area contributed by atoms with Crippen molar-refractivity contribution < 1.29 is 34.2 Å². The molecular formula is C32H38N6O7. The Hall–Kier alpha value is -5.17. The van der Waals surface area contributed by atoms with E-state index in [1.54, 1.807) is 12.4 Å². The normalized spacial score (nSPS) is 14.0. The fourth-order valence-electron chi connectivity index (χ4n) is 5.26. The third kappa shape index (κ3) is 8.48. The van der Waals surface area contributed by atoms with Crippen molar-refractivity contribution in [2.45, 2.75) is 63.7 Å². The van der Waals surface area contributed by atoms with Crippen molar-refractivity contribution in [2.75, 3.05) is 0 Å². The standard InChI is InChI=1S/C32H38N6O7/c1-17(2)11-25(30(42)38-27(32(44)45)13-19-16-35-24-10-6-4-8-21(19)24)37-31(43)26(14-28(39)40)36-29(41)22(33)12-18-15-34-23-9-5-3-7-20(18)23/h3-10,15-17,22,25-27,34-35H,11-14,33H2,1-2H3,(H,36,41)(H,37,43)(H,38,42)(H,39,40)(H,44,45). The molecule has 0 saturated carbocycles. The zero-order valence-corrected chi connectivity index (χ0v) is 25.0. The number of carboxylic acid groups (broad SMARTS) is 2. The van der Waals surface area contributed by atoms with Crippen molar-refractivity contribution in [3.8, 4) is 0 Å². The maximum absolute atomic E-state index is 13.4. The van der Waals surface area contributed by atoms with Crippen LogP contribution in [0.25, 0.3) is 21.8 Å². The van der Waals surface area contributed by atoms with Gasteiger partial charge in [0.2, 0.25) is 17.7 Å². The van der Waals surface area contributed by atoms with Crippen LogP contribution >= 0.6 is 0 Å². The Morgan fingerprint density at radius 1 is 0.711 bits per heavy atom. The highest BCUT2D eigenvalue weighted by Gasteiger charge is 2.32. The van der Waals surface area contributed by atoms with Gasteiger partial charge in [-0.1, -0.05) is 50.2 Å². The molecule has 238 valence electrons. The van der Waals surface area contributed by atoms with Crippen LogP contribution in [0.15, 0.2) is 60.9 Å². The van der Waals surface area contributed by atoms with E-state index in [1.807, 2.05) is 62.4 Å². The summed E-state index contributed by atoms with van der Waals surface area (Å²) in [5.41, 5.74) is 9.30. The lowest BCUT2D eigenvalue weighted by Gasteiger charge is -2.25. The van der Waals surface area contributed by atoms with Crippen molar-refractivity contribution in [1.29, 1.82) is 0 Å². The van der Waals surface area contributed by atoms with Gasteiger partial charge < -0.3 is 41.9 Å². The van der Waals surface area contributed by atoms with E-state index in [1.165, 1.54) is 0 Å². The number of amides is 3. The first-order valence-electron chi connectivity index (χ1n) is 14.6. The van der Waals surface area contributed by atoms with Gasteiger partial charge in [0, 0.05) is 40.6 Å². The number of rotatable bonds is 15. The number of nitrogens with two attached hydrogens (primary N) is 1. The number of aromatic amines is 2. The second-order valence-corrected chi connectivity index (χ2v) is 11.5. The van der Waals surface area contributed by atoms with Crippen LogP contribution in [-0.4, -0.2) is 74.0 Å². The van der Waals surface area contributed by atoms with Gasteiger partial charge in [-0.2, -0.15) is 0 Å². The molecule has 4 unspecified atom stereocenters. The molecule has 13 heteroatoms. The first-order chi connectivity index (χ1) is 21.4. The summed E-state index contributed by atoms with van der Waals surface area (Å²) in [5.74, 6) is -5.11. The molecule has 0 aliphatic heterocycles. The third-order valence-electron chi connectivity index (χ3n) is 7.52. The Morgan fingerprint density at radius 2 is 1.20 bits per heavy atom. The predicted octanol–water partition coefficient (Wildman–Crippen LogP) is 1.82. The van der Waals surface area contributed by atoms with Crippen LogP contribution in [0.2, 0.25) is 0 Å². The quantitative estimate of drug-likeness (QED) is 0.0980. The Labute approximate surface area is 258 Å². The van der Waals surface area contributed by atoms with Crippen molar-refractivity contribution in [3.05, 3.63) is 72.1 Å². The number of aliphatic carboxylic acids is 2. The maximum atomic E-state index is 13.4. The van der Waals surface area contributed by atoms with Gasteiger partial charge in [0.15, 0.2) is 0 Å². The molecule has 2 heterocycles. The number of hydrogen-bond acceptors (Lipinski definition) is 6. The summed E-state index contributed by atoms with van der Waals surface area (Å²) >= 11 is 0. The number of aromatic nitrogens is 2. The Bertz CT molecular complexity index is 1690. The van der Waals surface area contributed by atoms with Crippen LogP contribution in [0.3, 0.4) is 0 Å². The van der Waals surface area contributed by atoms with Crippen LogP contribution in [-0.2, 0) is 36.8 Å². The summed E-state index contributed by atoms with van der Waals surface area (Å²) in [6.45, 7) is 3.63. The molecule has 0 saturated heterocycles. The molecule has 0 aliphatic carbocycles. The van der Waals surface area contributed by atoms with E-state index in [9.17, 15) is 34.2 Å². The van der Waals surface area contributed by atoms with E-state index in [0.717, 1.165) is 27.4 Å². The molecule has 13 nitrogen and oxygen atoms in total. The average molecular weight is 619 g/mol. The molecule has 4 atom stereocenters. The Morgan fingerprint density at radius 3 is 1.73 bits per heavy atom. The van der Waals surface area contributed by atoms with E-state index in [2.05, 4.69) is 25.9 Å². The number of H-pyrrole nitrogens is 2. The summed E-state index contributed by atoms with van der Waals surface area (Å²) in [4.78, 5) is 69.6. The van der Waals surface area contributed by atoms with Crippen LogP contribution in [0.1, 0.15) is 37.8 Å². The molecule has 4 rings (SSSR count). The van der Waals surface area contributed by atoms with Gasteiger partial charge in [-0.3, -0.25) is 19.2 Å². The van der Waals surface area contributed by atoms with E-state index < -0.39 is 60.2 Å². The first kappa shape index (κ1) is 32.7. The lowest BCUT2D eigenvalue weighted by molar-refractivity contribution is -0.143. The molecule has 2 aromatic heterocycles. The van der Waals surface area contributed by atoms with Gasteiger partial charge in [-0.05, 0) is 42.0 Å². The molecule has 4 aromatic rings. The van der Waals surface area contributed by atoms with Crippen molar-refractivity contribution >= 4 is 51.5 Å². The van der Waals surface area contributed by atoms with Crippen molar-refractivity contribution in [2.24, 2.45) is 11.7 Å². The zero-order valence-electron chi connectivity index (χ0n) is 25.0. The molecule has 45 heavy (non-hydrogen) atoms. The maximum Gasteiger partial charge on any atom is 0.326 e. The van der Waals surface area contributed by atoms with Gasteiger partial charge in [0.1, 0.15) is 18.1 Å². The molecular weight excluding hydrogens is 580 g/mol. The van der Waals surface area contributed by atoms with Gasteiger partial charge >= 0.3 is 11.9 Å². The topological polar surface area (TPSA) is 219 Å². The highest BCUT2D eigenvalue weighted by molar-refractivity contribution is 5.96. The van der Waals surface area contributed by atoms with Crippen LogP contribution in [0.4, 0.5) is 0 Å². The number of carboxylic acids is 2. The molecule has 9 N–H and O–H groups in total. The molecule has 3 amide bonds. The van der Waals surface area contributed by atoms with Gasteiger partial charge in [0.05, 0.1) is 12.5 Å². The fraction of sp³-hybridized carbons (Fsp3) is 0.344. The molecule has 2 aromatic carbocycles. The molecule has 0 spiro atoms. The van der Waals surface area contributed by atoms with Crippen molar-refractivity contribution in [1.82, 2.24) is 25.9 Å². The van der Waals surface area contributed by atoms with Crippen LogP contribution < -0.4 is 21.7 Å². The number of hydrogen-bond donors (Lipinski definition) is 8. The summed E-state index contributed by atoms with van der Waals surface area (Å²) in [6, 6.07) is 9.69. The third-order valence-corrected chi connectivity index (χ3v) is 7.52. The summed E-state index contributed by atoms with van der Waals surface area (Å²) in [5, 5.41) is 28.5. The number of fused-ring (bicyclic) bond motifs is 2. The lowest BCUT2D eigenvalue weighted by atomic mass is 10.0. The van der Waals surface area contributed by atoms with E-state index in [-0.39, 0.29) is 25.2 Å². The second kappa shape index (κ2) is 14.5.